The first kappa shape index (κ1) is 20.5. The Morgan fingerprint density at radius 2 is 1.88 bits per heavy atom. The minimum Gasteiger partial charge on any atom is -0.454 e. The molecule has 3 heterocycles. The number of carbonyl (C=O) groups is 4. The molecule has 2 aromatic rings. The Hall–Kier alpha value is -3.42. The SMILES string of the molecule is Cc1cc(C(=O)COC(=O)[C@]23CCC(=O)N2c2ccccc2C(=O)N3C)c(C)n1C1CC1. The van der Waals surface area contributed by atoms with Crippen LogP contribution >= 0.6 is 0 Å². The molecule has 1 atom stereocenters. The maximum absolute atomic E-state index is 13.4. The molecule has 2 aliphatic heterocycles. The number of hydrogen-bond acceptors (Lipinski definition) is 5. The summed E-state index contributed by atoms with van der Waals surface area (Å²) in [7, 11) is 1.50. The maximum atomic E-state index is 13.4. The summed E-state index contributed by atoms with van der Waals surface area (Å²) in [6.45, 7) is 3.43. The van der Waals surface area contributed by atoms with E-state index in [1.165, 1.54) is 16.8 Å². The van der Waals surface area contributed by atoms with E-state index in [-0.39, 0.29) is 30.4 Å². The van der Waals surface area contributed by atoms with Gasteiger partial charge in [-0.25, -0.2) is 4.79 Å². The highest BCUT2D eigenvalue weighted by Crippen LogP contribution is 2.44. The van der Waals surface area contributed by atoms with Crippen LogP contribution in [0.5, 0.6) is 0 Å². The first-order valence-electron chi connectivity index (χ1n) is 10.9. The monoisotopic (exact) mass is 435 g/mol. The molecule has 0 unspecified atom stereocenters. The molecule has 8 nitrogen and oxygen atoms in total. The number of likely N-dealkylation sites (N-methyl/N-ethyl adjacent to an activating group) is 1. The van der Waals surface area contributed by atoms with Crippen LogP contribution in [0.15, 0.2) is 30.3 Å². The Labute approximate surface area is 185 Å². The molecule has 0 spiro atoms. The molecule has 1 saturated heterocycles. The first-order chi connectivity index (χ1) is 15.3. The van der Waals surface area contributed by atoms with Gasteiger partial charge in [0.05, 0.1) is 11.3 Å². The Kier molecular flexibility index (Phi) is 4.51. The number of aryl methyl sites for hydroxylation is 1. The van der Waals surface area contributed by atoms with E-state index in [4.69, 9.17) is 4.74 Å². The van der Waals surface area contributed by atoms with Gasteiger partial charge >= 0.3 is 5.97 Å². The quantitative estimate of drug-likeness (QED) is 0.532. The van der Waals surface area contributed by atoms with Gasteiger partial charge in [-0.15, -0.1) is 0 Å². The number of rotatable bonds is 5. The molecule has 1 aromatic heterocycles. The van der Waals surface area contributed by atoms with Crippen molar-refractivity contribution in [3.63, 3.8) is 0 Å². The van der Waals surface area contributed by atoms with Crippen LogP contribution < -0.4 is 4.90 Å². The van der Waals surface area contributed by atoms with E-state index >= 15 is 0 Å². The Bertz CT molecular complexity index is 1180. The third-order valence-corrected chi connectivity index (χ3v) is 6.90. The minimum atomic E-state index is -1.58. The van der Waals surface area contributed by atoms with E-state index < -0.39 is 18.2 Å². The van der Waals surface area contributed by atoms with Gasteiger partial charge in [0, 0.05) is 42.9 Å². The molecule has 1 aliphatic carbocycles. The number of benzene rings is 1. The van der Waals surface area contributed by atoms with E-state index in [0.717, 1.165) is 24.2 Å². The molecule has 0 bridgehead atoms. The molecule has 2 fully saturated rings. The van der Waals surface area contributed by atoms with Crippen LogP contribution in [-0.4, -0.2) is 52.4 Å². The van der Waals surface area contributed by atoms with E-state index in [0.29, 0.717) is 22.9 Å². The zero-order valence-corrected chi connectivity index (χ0v) is 18.4. The zero-order chi connectivity index (χ0) is 22.8. The molecule has 2 amide bonds. The van der Waals surface area contributed by atoms with Gasteiger partial charge in [0.2, 0.25) is 17.4 Å². The molecule has 5 rings (SSSR count). The summed E-state index contributed by atoms with van der Waals surface area (Å²) in [5.74, 6) is -1.68. The Morgan fingerprint density at radius 1 is 1.16 bits per heavy atom. The second-order valence-corrected chi connectivity index (χ2v) is 8.81. The first-order valence-corrected chi connectivity index (χ1v) is 10.9. The van der Waals surface area contributed by atoms with Crippen molar-refractivity contribution in [1.29, 1.82) is 0 Å². The van der Waals surface area contributed by atoms with Gasteiger partial charge in [0.1, 0.15) is 0 Å². The molecule has 32 heavy (non-hydrogen) atoms. The summed E-state index contributed by atoms with van der Waals surface area (Å²) in [4.78, 5) is 54.6. The largest absolute Gasteiger partial charge is 0.454 e. The van der Waals surface area contributed by atoms with Gasteiger partial charge in [-0.1, -0.05) is 12.1 Å². The van der Waals surface area contributed by atoms with Gasteiger partial charge in [-0.3, -0.25) is 19.3 Å². The second kappa shape index (κ2) is 7.05. The summed E-state index contributed by atoms with van der Waals surface area (Å²) in [5.41, 5.74) is 1.61. The number of Topliss-reactive ketones (excluding diaryl/α,β-unsaturated/α-hetero) is 1. The predicted molar refractivity (Wildman–Crippen MR) is 115 cm³/mol. The van der Waals surface area contributed by atoms with Crippen LogP contribution in [0.4, 0.5) is 5.69 Å². The summed E-state index contributed by atoms with van der Waals surface area (Å²) >= 11 is 0. The number of ketones is 1. The van der Waals surface area contributed by atoms with E-state index in [1.54, 1.807) is 24.3 Å². The average Bonchev–Trinajstić information content (AvgIpc) is 3.48. The lowest BCUT2D eigenvalue weighted by atomic mass is 9.97. The number of para-hydroxylation sites is 1. The van der Waals surface area contributed by atoms with E-state index in [9.17, 15) is 19.2 Å². The Balaban J connectivity index is 1.42. The molecular weight excluding hydrogens is 410 g/mol. The fourth-order valence-electron chi connectivity index (χ4n) is 5.17. The number of ether oxygens (including phenoxy) is 1. The molecule has 166 valence electrons. The molecule has 3 aliphatic rings. The minimum absolute atomic E-state index is 0.109. The van der Waals surface area contributed by atoms with Crippen LogP contribution in [0.1, 0.15) is 63.8 Å². The molecular formula is C24H25N3O5. The van der Waals surface area contributed by atoms with Gasteiger partial charge in [-0.05, 0) is 44.9 Å². The number of anilines is 1. The number of esters is 1. The maximum Gasteiger partial charge on any atom is 0.354 e. The van der Waals surface area contributed by atoms with Gasteiger partial charge in [-0.2, -0.15) is 0 Å². The van der Waals surface area contributed by atoms with Gasteiger partial charge < -0.3 is 14.2 Å². The van der Waals surface area contributed by atoms with Crippen molar-refractivity contribution in [3.05, 3.63) is 52.8 Å². The van der Waals surface area contributed by atoms with Crippen molar-refractivity contribution in [2.45, 2.75) is 51.2 Å². The van der Waals surface area contributed by atoms with Crippen LogP contribution in [0.25, 0.3) is 0 Å². The van der Waals surface area contributed by atoms with Crippen LogP contribution in [0, 0.1) is 13.8 Å². The van der Waals surface area contributed by atoms with Crippen LogP contribution in [0.2, 0.25) is 0 Å². The van der Waals surface area contributed by atoms with E-state index in [1.807, 2.05) is 19.9 Å². The van der Waals surface area contributed by atoms with Crippen molar-refractivity contribution < 1.29 is 23.9 Å². The van der Waals surface area contributed by atoms with Gasteiger partial charge in [0.25, 0.3) is 5.91 Å². The Morgan fingerprint density at radius 3 is 2.59 bits per heavy atom. The highest BCUT2D eigenvalue weighted by molar-refractivity contribution is 6.15. The number of carbonyl (C=O) groups excluding carboxylic acids is 4. The number of fused-ring (bicyclic) bond motifs is 3. The van der Waals surface area contributed by atoms with Gasteiger partial charge in [0.15, 0.2) is 6.61 Å². The average molecular weight is 435 g/mol. The second-order valence-electron chi connectivity index (χ2n) is 8.81. The highest BCUT2D eigenvalue weighted by atomic mass is 16.5. The summed E-state index contributed by atoms with van der Waals surface area (Å²) < 4.78 is 7.64. The van der Waals surface area contributed by atoms with E-state index in [2.05, 4.69) is 4.57 Å². The standard InChI is InChI=1S/C24H25N3O5/c1-14-12-18(15(2)26(14)16-8-9-16)20(28)13-32-23(31)24-11-10-21(29)27(24)19-7-5-4-6-17(19)22(30)25(24)3/h4-7,12,16H,8-11,13H2,1-3H3/t24-/m0/s1. The van der Waals surface area contributed by atoms with Crippen molar-refractivity contribution in [2.24, 2.45) is 0 Å². The predicted octanol–water partition coefficient (Wildman–Crippen LogP) is 2.77. The highest BCUT2D eigenvalue weighted by Gasteiger charge is 2.60. The fourth-order valence-corrected chi connectivity index (χ4v) is 5.17. The van der Waals surface area contributed by atoms with Crippen molar-refractivity contribution >= 4 is 29.3 Å². The number of amides is 2. The fraction of sp³-hybridized carbons (Fsp3) is 0.417. The lowest BCUT2D eigenvalue weighted by Gasteiger charge is -2.46. The third kappa shape index (κ3) is 2.75. The molecule has 1 aromatic carbocycles. The van der Waals surface area contributed by atoms with Crippen molar-refractivity contribution in [3.8, 4) is 0 Å². The van der Waals surface area contributed by atoms with Crippen LogP contribution in [-0.2, 0) is 14.3 Å². The topological polar surface area (TPSA) is 88.9 Å². The normalized spacial score (nSPS) is 22.1. The molecule has 8 heteroatoms. The third-order valence-electron chi connectivity index (χ3n) is 6.90. The van der Waals surface area contributed by atoms with Crippen LogP contribution in [0.3, 0.4) is 0 Å². The molecule has 0 radical (unpaired) electrons. The number of hydrogen-bond donors (Lipinski definition) is 0. The lowest BCUT2D eigenvalue weighted by Crippen LogP contribution is -2.67. The zero-order valence-electron chi connectivity index (χ0n) is 18.4. The lowest BCUT2D eigenvalue weighted by molar-refractivity contribution is -0.155. The molecule has 0 N–H and O–H groups in total. The van der Waals surface area contributed by atoms with Crippen molar-refractivity contribution in [2.75, 3.05) is 18.6 Å². The van der Waals surface area contributed by atoms with Crippen molar-refractivity contribution in [1.82, 2.24) is 9.47 Å². The number of nitrogens with zero attached hydrogens (tertiary/aromatic N) is 3. The summed E-state index contributed by atoms with van der Waals surface area (Å²) in [5, 5.41) is 0. The number of aromatic nitrogens is 1. The summed E-state index contributed by atoms with van der Waals surface area (Å²) in [6.07, 6.45) is 2.43. The molecule has 1 saturated carbocycles. The summed E-state index contributed by atoms with van der Waals surface area (Å²) in [6, 6.07) is 9.00. The smallest absolute Gasteiger partial charge is 0.354 e.